The summed E-state index contributed by atoms with van der Waals surface area (Å²) in [5.74, 6) is -0.302. The molecule has 21 heavy (non-hydrogen) atoms. The zero-order chi connectivity index (χ0) is 15.7. The minimum Gasteiger partial charge on any atom is -0.481 e. The van der Waals surface area contributed by atoms with E-state index in [2.05, 4.69) is 18.3 Å². The number of benzene rings is 1. The Morgan fingerprint density at radius 2 is 2.14 bits per heavy atom. The van der Waals surface area contributed by atoms with Gasteiger partial charge in [0.05, 0.1) is 11.3 Å². The van der Waals surface area contributed by atoms with Gasteiger partial charge in [0, 0.05) is 13.0 Å². The third kappa shape index (κ3) is 6.31. The normalized spacial score (nSPS) is 11.7. The van der Waals surface area contributed by atoms with Crippen molar-refractivity contribution in [2.75, 3.05) is 11.9 Å². The van der Waals surface area contributed by atoms with Gasteiger partial charge in [-0.3, -0.25) is 4.79 Å². The summed E-state index contributed by atoms with van der Waals surface area (Å²) < 4.78 is 0. The highest BCUT2D eigenvalue weighted by Gasteiger charge is 2.10. The summed E-state index contributed by atoms with van der Waals surface area (Å²) in [5, 5.41) is 21.2. The monoisotopic (exact) mass is 288 g/mol. The van der Waals surface area contributed by atoms with Crippen molar-refractivity contribution >= 4 is 11.7 Å². The molecule has 1 aromatic carbocycles. The summed E-state index contributed by atoms with van der Waals surface area (Å²) >= 11 is 0. The van der Waals surface area contributed by atoms with E-state index in [1.807, 2.05) is 25.1 Å². The van der Waals surface area contributed by atoms with Crippen LogP contribution in [0.3, 0.4) is 0 Å². The first-order valence-electron chi connectivity index (χ1n) is 7.53. The average Bonchev–Trinajstić information content (AvgIpc) is 2.45. The molecule has 0 aliphatic heterocycles. The Morgan fingerprint density at radius 1 is 1.38 bits per heavy atom. The number of anilines is 1. The van der Waals surface area contributed by atoms with Gasteiger partial charge in [-0.25, -0.2) is 0 Å². The van der Waals surface area contributed by atoms with Gasteiger partial charge >= 0.3 is 5.97 Å². The maximum atomic E-state index is 10.7. The summed E-state index contributed by atoms with van der Waals surface area (Å²) in [6.45, 7) is 4.89. The van der Waals surface area contributed by atoms with Crippen molar-refractivity contribution in [2.45, 2.75) is 46.0 Å². The summed E-state index contributed by atoms with van der Waals surface area (Å²) in [5.41, 5.74) is 2.64. The molecule has 0 aliphatic rings. The number of nitriles is 1. The molecular formula is C17H24N2O2. The van der Waals surface area contributed by atoms with Crippen LogP contribution in [0.4, 0.5) is 5.69 Å². The highest BCUT2D eigenvalue weighted by molar-refractivity contribution is 5.66. The highest BCUT2D eigenvalue weighted by atomic mass is 16.4. The molecule has 0 aromatic heterocycles. The lowest BCUT2D eigenvalue weighted by molar-refractivity contribution is -0.137. The van der Waals surface area contributed by atoms with Crippen LogP contribution in [0.1, 0.15) is 50.2 Å². The van der Waals surface area contributed by atoms with Crippen molar-refractivity contribution in [3.05, 3.63) is 29.3 Å². The summed E-state index contributed by atoms with van der Waals surface area (Å²) in [7, 11) is 0. The second-order valence-electron chi connectivity index (χ2n) is 5.46. The topological polar surface area (TPSA) is 73.1 Å². The van der Waals surface area contributed by atoms with Crippen molar-refractivity contribution in [3.8, 4) is 6.07 Å². The molecule has 0 aliphatic carbocycles. The molecular weight excluding hydrogens is 264 g/mol. The number of nitrogens with zero attached hydrogens (tertiary/aromatic N) is 1. The number of carboxylic acids is 1. The first-order valence-corrected chi connectivity index (χ1v) is 7.53. The highest BCUT2D eigenvalue weighted by Crippen LogP contribution is 2.20. The van der Waals surface area contributed by atoms with Crippen molar-refractivity contribution in [1.29, 1.82) is 5.26 Å². The van der Waals surface area contributed by atoms with Gasteiger partial charge in [-0.1, -0.05) is 25.8 Å². The molecule has 0 saturated carbocycles. The Hall–Kier alpha value is -2.02. The Kier molecular flexibility index (Phi) is 7.31. The number of carbonyl (C=O) groups is 1. The van der Waals surface area contributed by atoms with E-state index in [-0.39, 0.29) is 6.42 Å². The van der Waals surface area contributed by atoms with Crippen LogP contribution in [0, 0.1) is 24.2 Å². The number of hydrogen-bond acceptors (Lipinski definition) is 3. The Balaban J connectivity index is 2.51. The molecule has 4 heteroatoms. The third-order valence-corrected chi connectivity index (χ3v) is 3.63. The number of nitrogens with one attached hydrogen (secondary N) is 1. The van der Waals surface area contributed by atoms with E-state index in [1.165, 1.54) is 0 Å². The van der Waals surface area contributed by atoms with Gasteiger partial charge in [-0.15, -0.1) is 0 Å². The molecule has 0 radical (unpaired) electrons. The van der Waals surface area contributed by atoms with Crippen LogP contribution in [0.5, 0.6) is 0 Å². The molecule has 1 unspecified atom stereocenters. The second-order valence-corrected chi connectivity index (χ2v) is 5.46. The van der Waals surface area contributed by atoms with E-state index in [9.17, 15) is 4.79 Å². The lowest BCUT2D eigenvalue weighted by Crippen LogP contribution is -2.11. The fraction of sp³-hybridized carbons (Fsp3) is 0.529. The number of aryl methyl sites for hydroxylation is 1. The van der Waals surface area contributed by atoms with E-state index < -0.39 is 5.97 Å². The van der Waals surface area contributed by atoms with Crippen LogP contribution in [-0.2, 0) is 4.79 Å². The van der Waals surface area contributed by atoms with Crippen LogP contribution in [-0.4, -0.2) is 17.6 Å². The minimum absolute atomic E-state index is 0.235. The Labute approximate surface area is 126 Å². The van der Waals surface area contributed by atoms with E-state index >= 15 is 0 Å². The van der Waals surface area contributed by atoms with Crippen LogP contribution in [0.2, 0.25) is 0 Å². The first kappa shape index (κ1) is 17.0. The smallest absolute Gasteiger partial charge is 0.303 e. The van der Waals surface area contributed by atoms with Crippen LogP contribution in [0.25, 0.3) is 0 Å². The van der Waals surface area contributed by atoms with E-state index in [4.69, 9.17) is 10.4 Å². The van der Waals surface area contributed by atoms with Crippen molar-refractivity contribution in [2.24, 2.45) is 5.92 Å². The predicted octanol–water partition coefficient (Wildman–Crippen LogP) is 3.95. The zero-order valence-corrected chi connectivity index (χ0v) is 12.9. The summed E-state index contributed by atoms with van der Waals surface area (Å²) in [4.78, 5) is 10.7. The number of hydrogen-bond donors (Lipinski definition) is 2. The first-order chi connectivity index (χ1) is 10.1. The second kappa shape index (κ2) is 9.02. The molecule has 0 spiro atoms. The SMILES string of the molecule is CCCC(CCNc1cc(C)ccc1C#N)CCC(=O)O. The Morgan fingerprint density at radius 3 is 2.76 bits per heavy atom. The molecule has 0 heterocycles. The molecule has 2 N–H and O–H groups in total. The zero-order valence-electron chi connectivity index (χ0n) is 12.9. The van der Waals surface area contributed by atoms with Crippen LogP contribution in [0.15, 0.2) is 18.2 Å². The quantitative estimate of drug-likeness (QED) is 0.721. The Bertz CT molecular complexity index is 506. The summed E-state index contributed by atoms with van der Waals surface area (Å²) in [6.07, 6.45) is 4.01. The van der Waals surface area contributed by atoms with Gasteiger partial charge in [-0.2, -0.15) is 5.26 Å². The summed E-state index contributed by atoms with van der Waals surface area (Å²) in [6, 6.07) is 7.91. The molecule has 0 fully saturated rings. The van der Waals surface area contributed by atoms with Gasteiger partial charge in [0.1, 0.15) is 6.07 Å². The van der Waals surface area contributed by atoms with E-state index in [1.54, 1.807) is 0 Å². The number of aliphatic carboxylic acids is 1. The van der Waals surface area contributed by atoms with E-state index in [0.29, 0.717) is 11.5 Å². The lowest BCUT2D eigenvalue weighted by Gasteiger charge is -2.16. The van der Waals surface area contributed by atoms with E-state index in [0.717, 1.165) is 43.5 Å². The molecule has 4 nitrogen and oxygen atoms in total. The predicted molar refractivity (Wildman–Crippen MR) is 84.3 cm³/mol. The largest absolute Gasteiger partial charge is 0.481 e. The average molecular weight is 288 g/mol. The van der Waals surface area contributed by atoms with Crippen molar-refractivity contribution < 1.29 is 9.90 Å². The number of rotatable bonds is 9. The molecule has 1 rings (SSSR count). The van der Waals surface area contributed by atoms with Gasteiger partial charge < -0.3 is 10.4 Å². The molecule has 0 bridgehead atoms. The number of carboxylic acid groups (broad SMARTS) is 1. The minimum atomic E-state index is -0.727. The fourth-order valence-electron chi connectivity index (χ4n) is 2.48. The molecule has 0 amide bonds. The van der Waals surface area contributed by atoms with Crippen LogP contribution >= 0.6 is 0 Å². The fourth-order valence-corrected chi connectivity index (χ4v) is 2.48. The van der Waals surface area contributed by atoms with Gasteiger partial charge in [0.2, 0.25) is 0 Å². The third-order valence-electron chi connectivity index (χ3n) is 3.63. The van der Waals surface area contributed by atoms with Gasteiger partial charge in [0.15, 0.2) is 0 Å². The standard InChI is InChI=1S/C17H24N2O2/c1-3-4-14(6-8-17(20)21)9-10-19-16-11-13(2)5-7-15(16)12-18/h5,7,11,14,19H,3-4,6,8-10H2,1-2H3,(H,20,21). The van der Waals surface area contributed by atoms with Gasteiger partial charge in [0.25, 0.3) is 0 Å². The molecule has 1 aromatic rings. The van der Waals surface area contributed by atoms with Crippen LogP contribution < -0.4 is 5.32 Å². The molecule has 1 atom stereocenters. The maximum absolute atomic E-state index is 10.7. The molecule has 0 saturated heterocycles. The molecule has 114 valence electrons. The van der Waals surface area contributed by atoms with Gasteiger partial charge in [-0.05, 0) is 43.4 Å². The maximum Gasteiger partial charge on any atom is 0.303 e. The lowest BCUT2D eigenvalue weighted by atomic mass is 9.94. The van der Waals surface area contributed by atoms with Crippen molar-refractivity contribution in [3.63, 3.8) is 0 Å². The van der Waals surface area contributed by atoms with Crippen molar-refractivity contribution in [1.82, 2.24) is 0 Å².